The molecule has 1 aliphatic carbocycles. The molecule has 0 saturated heterocycles. The van der Waals surface area contributed by atoms with Crippen molar-refractivity contribution >= 4 is 5.69 Å². The quantitative estimate of drug-likeness (QED) is 0.711. The van der Waals surface area contributed by atoms with Gasteiger partial charge in [-0.3, -0.25) is 0 Å². The summed E-state index contributed by atoms with van der Waals surface area (Å²) in [7, 11) is 0. The molecule has 1 aliphatic rings. The van der Waals surface area contributed by atoms with E-state index in [0.29, 0.717) is 0 Å². The summed E-state index contributed by atoms with van der Waals surface area (Å²) in [6.45, 7) is 4.74. The summed E-state index contributed by atoms with van der Waals surface area (Å²) in [5.41, 5.74) is 2.48. The Morgan fingerprint density at radius 2 is 2.19 bits per heavy atom. The first-order chi connectivity index (χ1) is 7.84. The van der Waals surface area contributed by atoms with Gasteiger partial charge in [-0.15, -0.1) is 0 Å². The minimum Gasteiger partial charge on any atom is -0.383 e. The van der Waals surface area contributed by atoms with Crippen molar-refractivity contribution < 1.29 is 4.74 Å². The molecule has 1 saturated carbocycles. The van der Waals surface area contributed by atoms with Crippen LogP contribution in [-0.4, -0.2) is 19.8 Å². The third-order valence-corrected chi connectivity index (χ3v) is 2.96. The molecule has 2 nitrogen and oxygen atoms in total. The average molecular weight is 219 g/mol. The monoisotopic (exact) mass is 219 g/mol. The molecule has 1 aromatic rings. The molecule has 0 amide bonds. The molecule has 0 unspecified atom stereocenters. The molecule has 16 heavy (non-hydrogen) atoms. The van der Waals surface area contributed by atoms with Gasteiger partial charge in [-0.1, -0.05) is 25.0 Å². The van der Waals surface area contributed by atoms with Crippen LogP contribution >= 0.6 is 0 Å². The maximum absolute atomic E-state index is 5.57. The summed E-state index contributed by atoms with van der Waals surface area (Å²) in [5, 5.41) is 3.36. The van der Waals surface area contributed by atoms with Crippen molar-refractivity contribution in [2.45, 2.75) is 26.2 Å². The summed E-state index contributed by atoms with van der Waals surface area (Å²) in [4.78, 5) is 0. The molecule has 88 valence electrons. The fourth-order valence-corrected chi connectivity index (χ4v) is 1.78. The third-order valence-electron chi connectivity index (χ3n) is 2.96. The lowest BCUT2D eigenvalue weighted by Gasteiger charge is -2.07. The van der Waals surface area contributed by atoms with Crippen molar-refractivity contribution in [1.29, 1.82) is 0 Å². The second-order valence-electron chi connectivity index (χ2n) is 4.64. The fourth-order valence-electron chi connectivity index (χ4n) is 1.78. The fraction of sp³-hybridized carbons (Fsp3) is 0.571. The van der Waals surface area contributed by atoms with E-state index in [4.69, 9.17) is 4.74 Å². The lowest BCUT2D eigenvalue weighted by atomic mass is 10.2. The SMILES string of the molecule is Cc1cccc(NCCOCCC2CC2)c1. The van der Waals surface area contributed by atoms with Crippen molar-refractivity contribution in [3.05, 3.63) is 29.8 Å². The van der Waals surface area contributed by atoms with Crippen LogP contribution in [0.5, 0.6) is 0 Å². The summed E-state index contributed by atoms with van der Waals surface area (Å²) in [6.07, 6.45) is 4.10. The van der Waals surface area contributed by atoms with E-state index in [0.717, 1.165) is 25.7 Å². The van der Waals surface area contributed by atoms with E-state index in [1.165, 1.54) is 30.5 Å². The maximum Gasteiger partial charge on any atom is 0.0639 e. The molecule has 0 aliphatic heterocycles. The highest BCUT2D eigenvalue weighted by molar-refractivity contribution is 5.45. The zero-order chi connectivity index (χ0) is 11.2. The van der Waals surface area contributed by atoms with E-state index < -0.39 is 0 Å². The number of benzene rings is 1. The molecule has 0 radical (unpaired) electrons. The normalized spacial score (nSPS) is 15.1. The van der Waals surface area contributed by atoms with Crippen LogP contribution in [0.15, 0.2) is 24.3 Å². The van der Waals surface area contributed by atoms with Gasteiger partial charge < -0.3 is 10.1 Å². The van der Waals surface area contributed by atoms with E-state index in [-0.39, 0.29) is 0 Å². The number of nitrogens with one attached hydrogen (secondary N) is 1. The van der Waals surface area contributed by atoms with Gasteiger partial charge in [0.05, 0.1) is 6.61 Å². The van der Waals surface area contributed by atoms with Crippen LogP contribution in [0.4, 0.5) is 5.69 Å². The van der Waals surface area contributed by atoms with Gasteiger partial charge in [0.2, 0.25) is 0 Å². The first-order valence-corrected chi connectivity index (χ1v) is 6.23. The van der Waals surface area contributed by atoms with Crippen LogP contribution in [0.3, 0.4) is 0 Å². The van der Waals surface area contributed by atoms with E-state index >= 15 is 0 Å². The molecule has 2 heteroatoms. The van der Waals surface area contributed by atoms with Crippen molar-refractivity contribution in [2.24, 2.45) is 5.92 Å². The Hall–Kier alpha value is -1.02. The molecule has 0 atom stereocenters. The molecule has 2 rings (SSSR count). The van der Waals surface area contributed by atoms with Crippen LogP contribution < -0.4 is 5.32 Å². The Bertz CT molecular complexity index is 320. The van der Waals surface area contributed by atoms with E-state index in [1.54, 1.807) is 0 Å². The van der Waals surface area contributed by atoms with Crippen molar-refractivity contribution in [1.82, 2.24) is 0 Å². The summed E-state index contributed by atoms with van der Waals surface area (Å²) >= 11 is 0. The van der Waals surface area contributed by atoms with Gasteiger partial charge in [0, 0.05) is 18.8 Å². The minimum absolute atomic E-state index is 0.806. The number of ether oxygens (including phenoxy) is 1. The Kier molecular flexibility index (Phi) is 4.23. The molecule has 1 fully saturated rings. The first-order valence-electron chi connectivity index (χ1n) is 6.23. The lowest BCUT2D eigenvalue weighted by molar-refractivity contribution is 0.137. The Morgan fingerprint density at radius 1 is 1.31 bits per heavy atom. The molecule has 1 N–H and O–H groups in total. The molecule has 0 aromatic heterocycles. The van der Waals surface area contributed by atoms with Crippen molar-refractivity contribution in [3.63, 3.8) is 0 Å². The van der Waals surface area contributed by atoms with Crippen LogP contribution in [-0.2, 0) is 4.74 Å². The highest BCUT2D eigenvalue weighted by atomic mass is 16.5. The number of hydrogen-bond donors (Lipinski definition) is 1. The molecular weight excluding hydrogens is 198 g/mol. The summed E-state index contributed by atoms with van der Waals surface area (Å²) in [5.74, 6) is 0.977. The van der Waals surface area contributed by atoms with E-state index in [2.05, 4.69) is 36.5 Å². The highest BCUT2D eigenvalue weighted by Gasteiger charge is 2.20. The van der Waals surface area contributed by atoms with Gasteiger partial charge in [-0.25, -0.2) is 0 Å². The predicted octanol–water partition coefficient (Wildman–Crippen LogP) is 3.22. The number of rotatable bonds is 7. The van der Waals surface area contributed by atoms with Crippen LogP contribution in [0.25, 0.3) is 0 Å². The zero-order valence-corrected chi connectivity index (χ0v) is 10.0. The maximum atomic E-state index is 5.57. The summed E-state index contributed by atoms with van der Waals surface area (Å²) < 4.78 is 5.57. The molecular formula is C14H21NO. The van der Waals surface area contributed by atoms with Gasteiger partial charge in [0.25, 0.3) is 0 Å². The zero-order valence-electron chi connectivity index (χ0n) is 10.0. The third kappa shape index (κ3) is 4.23. The van der Waals surface area contributed by atoms with Gasteiger partial charge in [0.1, 0.15) is 0 Å². The predicted molar refractivity (Wildman–Crippen MR) is 67.8 cm³/mol. The van der Waals surface area contributed by atoms with Gasteiger partial charge in [0.15, 0.2) is 0 Å². The van der Waals surface area contributed by atoms with E-state index in [1.807, 2.05) is 0 Å². The smallest absolute Gasteiger partial charge is 0.0639 e. The average Bonchev–Trinajstić information content (AvgIpc) is 3.07. The van der Waals surface area contributed by atoms with Crippen molar-refractivity contribution in [3.8, 4) is 0 Å². The Labute approximate surface area is 98.0 Å². The minimum atomic E-state index is 0.806. The molecule has 1 aromatic carbocycles. The van der Waals surface area contributed by atoms with Crippen LogP contribution in [0.1, 0.15) is 24.8 Å². The topological polar surface area (TPSA) is 21.3 Å². The Morgan fingerprint density at radius 3 is 2.94 bits per heavy atom. The lowest BCUT2D eigenvalue weighted by Crippen LogP contribution is -2.10. The molecule has 0 spiro atoms. The van der Waals surface area contributed by atoms with Crippen LogP contribution in [0, 0.1) is 12.8 Å². The van der Waals surface area contributed by atoms with Crippen LogP contribution in [0.2, 0.25) is 0 Å². The Balaban J connectivity index is 1.53. The number of aryl methyl sites for hydroxylation is 1. The van der Waals surface area contributed by atoms with Gasteiger partial charge >= 0.3 is 0 Å². The number of hydrogen-bond acceptors (Lipinski definition) is 2. The van der Waals surface area contributed by atoms with E-state index in [9.17, 15) is 0 Å². The highest BCUT2D eigenvalue weighted by Crippen LogP contribution is 2.31. The standard InChI is InChI=1S/C14H21NO/c1-12-3-2-4-14(11-12)15-8-10-16-9-7-13-5-6-13/h2-4,11,13,15H,5-10H2,1H3. The largest absolute Gasteiger partial charge is 0.383 e. The van der Waals surface area contributed by atoms with Gasteiger partial charge in [-0.2, -0.15) is 0 Å². The second-order valence-corrected chi connectivity index (χ2v) is 4.64. The molecule has 0 bridgehead atoms. The number of anilines is 1. The summed E-state index contributed by atoms with van der Waals surface area (Å²) in [6, 6.07) is 8.43. The van der Waals surface area contributed by atoms with Gasteiger partial charge in [-0.05, 0) is 37.0 Å². The second kappa shape index (κ2) is 5.90. The van der Waals surface area contributed by atoms with Crippen molar-refractivity contribution in [2.75, 3.05) is 25.1 Å². The molecule has 0 heterocycles. The first kappa shape index (κ1) is 11.5.